The molecular weight excluding hydrogens is 544 g/mol. The van der Waals surface area contributed by atoms with Gasteiger partial charge in [-0.3, -0.25) is 10.1 Å². The number of halogens is 3. The predicted molar refractivity (Wildman–Crippen MR) is 150 cm³/mol. The van der Waals surface area contributed by atoms with E-state index >= 15 is 0 Å². The van der Waals surface area contributed by atoms with Gasteiger partial charge in [0, 0.05) is 49.9 Å². The third-order valence-corrected chi connectivity index (χ3v) is 10.1. The fourth-order valence-electron chi connectivity index (χ4n) is 6.97. The molecule has 2 N–H and O–H groups in total. The number of piperidine rings is 1. The molecule has 11 heteroatoms. The number of nitrogens with zero attached hydrogens (tertiary/aromatic N) is 3. The third-order valence-electron chi connectivity index (χ3n) is 8.98. The van der Waals surface area contributed by atoms with Gasteiger partial charge < -0.3 is 19.2 Å². The molecule has 8 nitrogen and oxygen atoms in total. The molecule has 0 bridgehead atoms. The van der Waals surface area contributed by atoms with Crippen molar-refractivity contribution in [3.63, 3.8) is 0 Å². The van der Waals surface area contributed by atoms with Gasteiger partial charge in [0.25, 0.3) is 0 Å². The van der Waals surface area contributed by atoms with Crippen molar-refractivity contribution in [3.05, 3.63) is 18.0 Å². The Morgan fingerprint density at radius 1 is 1.10 bits per heavy atom. The number of nitrogens with one attached hydrogen (secondary N) is 2. The SMILES string of the molecule is CCOC(=O)/N=c1\n(C)ccn1CC1CC(C(=O)NCC2CCC(Cl)C(Cl)C2)CC(C2CCC(F)NC2C)C1. The smallest absolute Gasteiger partial charge is 0.436 e. The quantitative estimate of drug-likeness (QED) is 0.356. The summed E-state index contributed by atoms with van der Waals surface area (Å²) < 4.78 is 22.8. The van der Waals surface area contributed by atoms with Gasteiger partial charge in [-0.05, 0) is 88.9 Å². The lowest BCUT2D eigenvalue weighted by atomic mass is 9.66. The zero-order valence-electron chi connectivity index (χ0n) is 23.3. The molecule has 9 atom stereocenters. The summed E-state index contributed by atoms with van der Waals surface area (Å²) in [5.74, 6) is 1.17. The minimum absolute atomic E-state index is 0.00410. The molecule has 2 heterocycles. The van der Waals surface area contributed by atoms with E-state index in [1.165, 1.54) is 0 Å². The van der Waals surface area contributed by atoms with Crippen molar-refractivity contribution < 1.29 is 18.7 Å². The van der Waals surface area contributed by atoms with Crippen LogP contribution in [0, 0.1) is 29.6 Å². The zero-order chi connectivity index (χ0) is 28.1. The number of alkyl halides is 3. The first-order valence-electron chi connectivity index (χ1n) is 14.5. The second kappa shape index (κ2) is 13.9. The van der Waals surface area contributed by atoms with Crippen LogP contribution in [0.5, 0.6) is 0 Å². The first-order chi connectivity index (χ1) is 18.6. The lowest BCUT2D eigenvalue weighted by Crippen LogP contribution is -2.49. The Labute approximate surface area is 241 Å². The first-order valence-corrected chi connectivity index (χ1v) is 15.4. The third kappa shape index (κ3) is 8.00. The Balaban J connectivity index is 1.48. The number of aryl methyl sites for hydroxylation is 1. The van der Waals surface area contributed by atoms with Crippen LogP contribution in [-0.4, -0.2) is 57.4 Å². The fourth-order valence-corrected chi connectivity index (χ4v) is 7.58. The van der Waals surface area contributed by atoms with E-state index in [9.17, 15) is 14.0 Å². The van der Waals surface area contributed by atoms with E-state index < -0.39 is 12.4 Å². The normalized spacial score (nSPS) is 35.9. The van der Waals surface area contributed by atoms with Gasteiger partial charge in [-0.1, -0.05) is 0 Å². The summed E-state index contributed by atoms with van der Waals surface area (Å²) in [6.45, 7) is 5.35. The monoisotopic (exact) mass is 587 g/mol. The van der Waals surface area contributed by atoms with Crippen LogP contribution in [-0.2, 0) is 23.1 Å². The highest BCUT2D eigenvalue weighted by Gasteiger charge is 2.40. The number of amides is 2. The second-order valence-electron chi connectivity index (χ2n) is 11.8. The van der Waals surface area contributed by atoms with E-state index in [4.69, 9.17) is 27.9 Å². The van der Waals surface area contributed by atoms with E-state index in [1.807, 2.05) is 24.0 Å². The number of hydrogen-bond acceptors (Lipinski definition) is 4. The van der Waals surface area contributed by atoms with E-state index in [0.29, 0.717) is 42.9 Å². The van der Waals surface area contributed by atoms with Crippen LogP contribution in [0.25, 0.3) is 0 Å². The molecule has 3 fully saturated rings. The van der Waals surface area contributed by atoms with E-state index in [-0.39, 0.29) is 41.1 Å². The number of carbonyl (C=O) groups is 2. The Morgan fingerprint density at radius 2 is 1.90 bits per heavy atom. The fraction of sp³-hybridized carbons (Fsp3) is 0.821. The van der Waals surface area contributed by atoms with Gasteiger partial charge in [-0.15, -0.1) is 28.2 Å². The van der Waals surface area contributed by atoms with Crippen molar-refractivity contribution in [1.82, 2.24) is 19.8 Å². The van der Waals surface area contributed by atoms with Crippen LogP contribution in [0.4, 0.5) is 9.18 Å². The van der Waals surface area contributed by atoms with Crippen LogP contribution < -0.4 is 16.3 Å². The van der Waals surface area contributed by atoms with Crippen molar-refractivity contribution in [2.45, 2.75) is 94.9 Å². The predicted octanol–water partition coefficient (Wildman–Crippen LogP) is 4.73. The highest BCUT2D eigenvalue weighted by molar-refractivity contribution is 6.30. The summed E-state index contributed by atoms with van der Waals surface area (Å²) in [4.78, 5) is 29.8. The maximum absolute atomic E-state index is 14.0. The van der Waals surface area contributed by atoms with Crippen LogP contribution in [0.15, 0.2) is 17.4 Å². The topological polar surface area (TPSA) is 89.7 Å². The standard InChI is InChI=1S/C28H44Cl2FN5O3/c1-4-39-28(38)34-27-35(3)9-10-36(27)16-19-11-20(22-6-8-25(31)33-17(22)2)14-21(12-19)26(37)32-15-18-5-7-23(29)24(30)13-18/h9-10,17-25,33H,4-8,11-16H2,1-3H3,(H,32,37)/b34-27+. The minimum atomic E-state index is -0.963. The summed E-state index contributed by atoms with van der Waals surface area (Å²) in [5.41, 5.74) is 0.523. The molecule has 1 aromatic heterocycles. The maximum atomic E-state index is 14.0. The number of aromatic nitrogens is 2. The summed E-state index contributed by atoms with van der Waals surface area (Å²) in [6, 6.07) is 0.0614. The van der Waals surface area contributed by atoms with E-state index in [0.717, 1.165) is 44.9 Å². The second-order valence-corrected chi connectivity index (χ2v) is 12.9. The van der Waals surface area contributed by atoms with Crippen LogP contribution >= 0.6 is 23.2 Å². The highest BCUT2D eigenvalue weighted by Crippen LogP contribution is 2.42. The Bertz CT molecular complexity index is 1050. The van der Waals surface area contributed by atoms with E-state index in [2.05, 4.69) is 22.5 Å². The highest BCUT2D eigenvalue weighted by atomic mass is 35.5. The molecule has 0 spiro atoms. The maximum Gasteiger partial charge on any atom is 0.436 e. The summed E-state index contributed by atoms with van der Waals surface area (Å²) in [5, 5.41) is 6.27. The largest absolute Gasteiger partial charge is 0.448 e. The van der Waals surface area contributed by atoms with Crippen molar-refractivity contribution in [3.8, 4) is 0 Å². The number of imidazole rings is 1. The van der Waals surface area contributed by atoms with Gasteiger partial charge in [-0.2, -0.15) is 0 Å². The summed E-state index contributed by atoms with van der Waals surface area (Å²) in [6.07, 6.45) is 8.73. The van der Waals surface area contributed by atoms with Crippen molar-refractivity contribution >= 4 is 35.2 Å². The van der Waals surface area contributed by atoms with E-state index in [1.54, 1.807) is 11.5 Å². The van der Waals surface area contributed by atoms with Crippen molar-refractivity contribution in [2.24, 2.45) is 41.6 Å². The molecule has 9 unspecified atom stereocenters. The molecule has 2 saturated carbocycles. The zero-order valence-corrected chi connectivity index (χ0v) is 24.8. The van der Waals surface area contributed by atoms with Crippen molar-refractivity contribution in [1.29, 1.82) is 0 Å². The number of hydrogen-bond donors (Lipinski definition) is 2. The lowest BCUT2D eigenvalue weighted by molar-refractivity contribution is -0.128. The molecule has 0 radical (unpaired) electrons. The van der Waals surface area contributed by atoms with Gasteiger partial charge in [0.15, 0.2) is 6.30 Å². The van der Waals surface area contributed by atoms with Gasteiger partial charge >= 0.3 is 6.09 Å². The molecule has 220 valence electrons. The molecule has 3 aliphatic rings. The average Bonchev–Trinajstić information content (AvgIpc) is 3.22. The van der Waals surface area contributed by atoms with Gasteiger partial charge in [0.1, 0.15) is 0 Å². The Morgan fingerprint density at radius 3 is 2.62 bits per heavy atom. The number of rotatable bonds is 7. The van der Waals surface area contributed by atoms with Crippen LogP contribution in [0.1, 0.15) is 65.2 Å². The molecule has 0 aromatic carbocycles. The number of ether oxygens (including phenoxy) is 1. The minimum Gasteiger partial charge on any atom is -0.448 e. The molecule has 1 aliphatic heterocycles. The van der Waals surface area contributed by atoms with Gasteiger partial charge in [0.2, 0.25) is 11.5 Å². The Kier molecular flexibility index (Phi) is 10.8. The first kappa shape index (κ1) is 30.4. The summed E-state index contributed by atoms with van der Waals surface area (Å²) in [7, 11) is 1.85. The average molecular weight is 589 g/mol. The Hall–Kier alpha value is -1.58. The van der Waals surface area contributed by atoms with Crippen LogP contribution in [0.3, 0.4) is 0 Å². The van der Waals surface area contributed by atoms with Crippen LogP contribution in [0.2, 0.25) is 0 Å². The lowest BCUT2D eigenvalue weighted by Gasteiger charge is -2.43. The van der Waals surface area contributed by atoms with Gasteiger partial charge in [0.05, 0.1) is 12.0 Å². The summed E-state index contributed by atoms with van der Waals surface area (Å²) >= 11 is 12.7. The molecule has 1 saturated heterocycles. The molecule has 39 heavy (non-hydrogen) atoms. The van der Waals surface area contributed by atoms with Gasteiger partial charge in [-0.25, -0.2) is 9.18 Å². The molecule has 2 amide bonds. The molecule has 2 aliphatic carbocycles. The van der Waals surface area contributed by atoms with Crippen molar-refractivity contribution in [2.75, 3.05) is 13.2 Å². The molecular formula is C28H44Cl2FN5O3. The number of carbonyl (C=O) groups excluding carboxylic acids is 2. The molecule has 1 aromatic rings. The molecule has 4 rings (SSSR count).